The molecule has 2 aromatic carbocycles. The van der Waals surface area contributed by atoms with Crippen LogP contribution in [-0.4, -0.2) is 28.5 Å². The van der Waals surface area contributed by atoms with E-state index in [1.807, 2.05) is 34.9 Å². The summed E-state index contributed by atoms with van der Waals surface area (Å²) in [7, 11) is 0. The summed E-state index contributed by atoms with van der Waals surface area (Å²) in [5, 5.41) is 3.93. The van der Waals surface area contributed by atoms with Gasteiger partial charge in [0.15, 0.2) is 0 Å². The van der Waals surface area contributed by atoms with Crippen LogP contribution in [0.1, 0.15) is 37.7 Å². The van der Waals surface area contributed by atoms with E-state index in [4.69, 9.17) is 0 Å². The summed E-state index contributed by atoms with van der Waals surface area (Å²) in [6, 6.07) is 15.4. The van der Waals surface area contributed by atoms with Crippen molar-refractivity contribution in [1.82, 2.24) is 9.88 Å². The van der Waals surface area contributed by atoms with Crippen molar-refractivity contribution in [3.05, 3.63) is 66.1 Å². The van der Waals surface area contributed by atoms with Gasteiger partial charge in [-0.3, -0.25) is 14.5 Å². The molecule has 1 aliphatic rings. The molecule has 1 atom stereocenters. The van der Waals surface area contributed by atoms with Crippen LogP contribution < -0.4 is 10.2 Å². The summed E-state index contributed by atoms with van der Waals surface area (Å²) in [5.41, 5.74) is 0.572. The van der Waals surface area contributed by atoms with Gasteiger partial charge in [-0.15, -0.1) is 0 Å². The number of carbonyl (C=O) groups is 2. The molecule has 0 spiro atoms. The Kier molecular flexibility index (Phi) is 5.10. The molecule has 5 nitrogen and oxygen atoms in total. The number of carbonyl (C=O) groups excluding carboxylic acids is 2. The third-order valence-electron chi connectivity index (χ3n) is 5.76. The molecule has 0 fully saturated rings. The lowest BCUT2D eigenvalue weighted by atomic mass is 9.93. The maximum absolute atomic E-state index is 14.0. The fraction of sp³-hybridized carbons (Fsp3) is 0.333. The van der Waals surface area contributed by atoms with Crippen molar-refractivity contribution in [2.24, 2.45) is 5.92 Å². The summed E-state index contributed by atoms with van der Waals surface area (Å²) in [6.07, 6.45) is 0.841. The molecule has 6 heteroatoms. The van der Waals surface area contributed by atoms with Gasteiger partial charge < -0.3 is 9.88 Å². The normalized spacial score (nSPS) is 18.7. The lowest BCUT2D eigenvalue weighted by molar-refractivity contribution is -0.126. The molecule has 0 saturated carbocycles. The minimum Gasteiger partial charge on any atom is -0.354 e. The van der Waals surface area contributed by atoms with Gasteiger partial charge in [0, 0.05) is 23.1 Å². The first-order valence-electron chi connectivity index (χ1n) is 10.3. The molecule has 1 aromatic heterocycles. The average Bonchev–Trinajstić information content (AvgIpc) is 3.06. The number of amides is 2. The van der Waals surface area contributed by atoms with Crippen LogP contribution in [0.15, 0.2) is 54.6 Å². The third kappa shape index (κ3) is 3.36. The van der Waals surface area contributed by atoms with E-state index in [9.17, 15) is 14.0 Å². The number of hydrogen-bond acceptors (Lipinski definition) is 2. The molecule has 2 amide bonds. The predicted molar refractivity (Wildman–Crippen MR) is 116 cm³/mol. The van der Waals surface area contributed by atoms with Crippen LogP contribution in [0.5, 0.6) is 0 Å². The Morgan fingerprint density at radius 2 is 1.93 bits per heavy atom. The van der Waals surface area contributed by atoms with Crippen molar-refractivity contribution in [3.63, 3.8) is 0 Å². The fourth-order valence-corrected chi connectivity index (χ4v) is 4.13. The molecule has 0 saturated heterocycles. The second kappa shape index (κ2) is 7.59. The van der Waals surface area contributed by atoms with Crippen molar-refractivity contribution in [2.75, 3.05) is 11.4 Å². The lowest BCUT2D eigenvalue weighted by Crippen LogP contribution is -2.64. The number of halogens is 1. The lowest BCUT2D eigenvalue weighted by Gasteiger charge is -2.44. The van der Waals surface area contributed by atoms with Gasteiger partial charge in [0.05, 0.1) is 6.54 Å². The van der Waals surface area contributed by atoms with Crippen LogP contribution in [-0.2, 0) is 11.3 Å². The van der Waals surface area contributed by atoms with Gasteiger partial charge in [0.25, 0.3) is 5.91 Å². The Morgan fingerprint density at radius 1 is 1.17 bits per heavy atom. The van der Waals surface area contributed by atoms with Crippen LogP contribution >= 0.6 is 0 Å². The van der Waals surface area contributed by atoms with Gasteiger partial charge in [0.2, 0.25) is 5.91 Å². The maximum Gasteiger partial charge on any atom is 0.275 e. The van der Waals surface area contributed by atoms with E-state index in [0.717, 1.165) is 17.3 Å². The number of nitrogens with one attached hydrogen (secondary N) is 1. The van der Waals surface area contributed by atoms with Gasteiger partial charge in [-0.2, -0.15) is 0 Å². The summed E-state index contributed by atoms with van der Waals surface area (Å²) in [6.45, 7) is 6.74. The van der Waals surface area contributed by atoms with Crippen LogP contribution in [0.4, 0.5) is 10.1 Å². The first kappa shape index (κ1) is 20.1. The van der Waals surface area contributed by atoms with Crippen molar-refractivity contribution < 1.29 is 14.0 Å². The molecule has 156 valence electrons. The van der Waals surface area contributed by atoms with Gasteiger partial charge in [-0.25, -0.2) is 4.39 Å². The zero-order valence-corrected chi connectivity index (χ0v) is 17.5. The number of rotatable bonds is 5. The molecule has 1 unspecified atom stereocenters. The summed E-state index contributed by atoms with van der Waals surface area (Å²) >= 11 is 0. The Hall–Kier alpha value is -3.15. The maximum atomic E-state index is 14.0. The molecule has 0 bridgehead atoms. The SMILES string of the molecule is CC(C)CCNC(=O)C1(C)Cn2c(cc3ccccc32)C(=O)N1c1cccc(F)c1. The highest BCUT2D eigenvalue weighted by molar-refractivity contribution is 6.14. The van der Waals surface area contributed by atoms with E-state index >= 15 is 0 Å². The minimum atomic E-state index is -1.20. The van der Waals surface area contributed by atoms with Crippen molar-refractivity contribution in [2.45, 2.75) is 39.3 Å². The molecule has 3 aromatic rings. The van der Waals surface area contributed by atoms with E-state index in [1.165, 1.54) is 17.0 Å². The number of benzene rings is 2. The number of fused-ring (bicyclic) bond motifs is 3. The molecule has 30 heavy (non-hydrogen) atoms. The highest BCUT2D eigenvalue weighted by Crippen LogP contribution is 2.36. The molecule has 0 aliphatic carbocycles. The topological polar surface area (TPSA) is 54.3 Å². The van der Waals surface area contributed by atoms with Crippen molar-refractivity contribution in [1.29, 1.82) is 0 Å². The Labute approximate surface area is 175 Å². The zero-order valence-electron chi connectivity index (χ0n) is 17.5. The molecule has 1 aliphatic heterocycles. The molecule has 4 rings (SSSR count). The Bertz CT molecular complexity index is 1120. The van der Waals surface area contributed by atoms with Crippen LogP contribution in [0.2, 0.25) is 0 Å². The molecule has 2 heterocycles. The number of anilines is 1. The smallest absolute Gasteiger partial charge is 0.275 e. The van der Waals surface area contributed by atoms with Crippen LogP contribution in [0.3, 0.4) is 0 Å². The van der Waals surface area contributed by atoms with E-state index < -0.39 is 11.4 Å². The second-order valence-corrected chi connectivity index (χ2v) is 8.51. The van der Waals surface area contributed by atoms with Crippen LogP contribution in [0, 0.1) is 11.7 Å². The van der Waals surface area contributed by atoms with E-state index in [0.29, 0.717) is 23.8 Å². The van der Waals surface area contributed by atoms with Gasteiger partial charge >= 0.3 is 0 Å². The first-order chi connectivity index (χ1) is 14.3. The first-order valence-corrected chi connectivity index (χ1v) is 10.3. The third-order valence-corrected chi connectivity index (χ3v) is 5.76. The van der Waals surface area contributed by atoms with Crippen molar-refractivity contribution >= 4 is 28.4 Å². The van der Waals surface area contributed by atoms with E-state index in [2.05, 4.69) is 19.2 Å². The minimum absolute atomic E-state index is 0.246. The number of aromatic nitrogens is 1. The highest BCUT2D eigenvalue weighted by atomic mass is 19.1. The quantitative estimate of drug-likeness (QED) is 0.683. The average molecular weight is 407 g/mol. The molecule has 0 radical (unpaired) electrons. The van der Waals surface area contributed by atoms with Crippen LogP contribution in [0.25, 0.3) is 10.9 Å². The van der Waals surface area contributed by atoms with E-state index in [1.54, 1.807) is 19.1 Å². The number of hydrogen-bond donors (Lipinski definition) is 1. The Morgan fingerprint density at radius 3 is 2.67 bits per heavy atom. The highest BCUT2D eigenvalue weighted by Gasteiger charge is 2.48. The van der Waals surface area contributed by atoms with E-state index in [-0.39, 0.29) is 18.4 Å². The standard InChI is InChI=1S/C24H26FN3O2/c1-16(2)11-12-26-23(30)24(3)15-27-20-10-5-4-7-17(20)13-21(27)22(29)28(24)19-9-6-8-18(25)14-19/h4-10,13-14,16H,11-12,15H2,1-3H3,(H,26,30). The molecular weight excluding hydrogens is 381 g/mol. The largest absolute Gasteiger partial charge is 0.354 e. The van der Waals surface area contributed by atoms with Gasteiger partial charge in [-0.1, -0.05) is 38.1 Å². The van der Waals surface area contributed by atoms with Crippen molar-refractivity contribution in [3.8, 4) is 0 Å². The molecular formula is C24H26FN3O2. The summed E-state index contributed by atoms with van der Waals surface area (Å²) in [4.78, 5) is 28.4. The molecule has 1 N–H and O–H groups in total. The summed E-state index contributed by atoms with van der Waals surface area (Å²) < 4.78 is 15.9. The predicted octanol–water partition coefficient (Wildman–Crippen LogP) is 4.36. The monoisotopic (exact) mass is 407 g/mol. The second-order valence-electron chi connectivity index (χ2n) is 8.51. The fourth-order valence-electron chi connectivity index (χ4n) is 4.13. The Balaban J connectivity index is 1.82. The number of nitrogens with zero attached hydrogens (tertiary/aromatic N) is 2. The van der Waals surface area contributed by atoms with Gasteiger partial charge in [-0.05, 0) is 49.6 Å². The summed E-state index contributed by atoms with van der Waals surface area (Å²) in [5.74, 6) is -0.562. The zero-order chi connectivity index (χ0) is 21.5. The number of para-hydroxylation sites is 1. The van der Waals surface area contributed by atoms with Gasteiger partial charge in [0.1, 0.15) is 17.1 Å².